The summed E-state index contributed by atoms with van der Waals surface area (Å²) >= 11 is 0. The van der Waals surface area contributed by atoms with Gasteiger partial charge < -0.3 is 4.57 Å². The molecule has 1 amide bonds. The fourth-order valence-corrected chi connectivity index (χ4v) is 3.39. The second kappa shape index (κ2) is 7.35. The molecular formula is C22H21N5O2. The molecule has 0 bridgehead atoms. The van der Waals surface area contributed by atoms with E-state index in [9.17, 15) is 9.59 Å². The van der Waals surface area contributed by atoms with Crippen LogP contribution in [0.4, 0.5) is 5.95 Å². The van der Waals surface area contributed by atoms with E-state index in [1.807, 2.05) is 54.1 Å². The SMILES string of the molecule is CC(C(=O)Nc1ncc(-c2ccccc2)n1C)c1nn(C)c(=O)c2ccccc12. The van der Waals surface area contributed by atoms with Gasteiger partial charge in [0.2, 0.25) is 11.9 Å². The first kappa shape index (κ1) is 18.6. The lowest BCUT2D eigenvalue weighted by Crippen LogP contribution is -2.26. The molecule has 0 saturated heterocycles. The van der Waals surface area contributed by atoms with Gasteiger partial charge in [-0.1, -0.05) is 48.5 Å². The van der Waals surface area contributed by atoms with Gasteiger partial charge in [0, 0.05) is 19.5 Å². The number of carbonyl (C=O) groups is 1. The number of benzene rings is 2. The van der Waals surface area contributed by atoms with Crippen LogP contribution in [-0.2, 0) is 18.9 Å². The summed E-state index contributed by atoms with van der Waals surface area (Å²) in [5.74, 6) is -0.354. The highest BCUT2D eigenvalue weighted by Gasteiger charge is 2.23. The van der Waals surface area contributed by atoms with Gasteiger partial charge in [-0.15, -0.1) is 0 Å². The second-order valence-corrected chi connectivity index (χ2v) is 6.96. The summed E-state index contributed by atoms with van der Waals surface area (Å²) < 4.78 is 3.11. The van der Waals surface area contributed by atoms with Crippen molar-refractivity contribution in [2.75, 3.05) is 5.32 Å². The Morgan fingerprint density at radius 2 is 1.66 bits per heavy atom. The van der Waals surface area contributed by atoms with E-state index in [0.717, 1.165) is 11.3 Å². The third-order valence-corrected chi connectivity index (χ3v) is 5.08. The standard InChI is InChI=1S/C22H21N5O2/c1-14(19-16-11-7-8-12-17(16)21(29)27(3)25-19)20(28)24-22-23-13-18(26(22)2)15-9-5-4-6-10-15/h4-14H,1-3H3,(H,23,24,28). The topological polar surface area (TPSA) is 81.8 Å². The number of nitrogens with one attached hydrogen (secondary N) is 1. The predicted octanol–water partition coefficient (Wildman–Crippen LogP) is 3.08. The fourth-order valence-electron chi connectivity index (χ4n) is 3.39. The molecule has 146 valence electrons. The van der Waals surface area contributed by atoms with Crippen molar-refractivity contribution in [3.8, 4) is 11.3 Å². The smallest absolute Gasteiger partial charge is 0.274 e. The van der Waals surface area contributed by atoms with Gasteiger partial charge in [-0.3, -0.25) is 14.9 Å². The Balaban J connectivity index is 1.65. The first-order valence-corrected chi connectivity index (χ1v) is 9.31. The van der Waals surface area contributed by atoms with Crippen molar-refractivity contribution >= 4 is 22.6 Å². The number of amides is 1. The molecule has 2 heterocycles. The van der Waals surface area contributed by atoms with Gasteiger partial charge in [-0.05, 0) is 18.6 Å². The van der Waals surface area contributed by atoms with Crippen molar-refractivity contribution in [1.82, 2.24) is 19.3 Å². The summed E-state index contributed by atoms with van der Waals surface area (Å²) in [6.45, 7) is 1.77. The van der Waals surface area contributed by atoms with Crippen molar-refractivity contribution in [2.45, 2.75) is 12.8 Å². The van der Waals surface area contributed by atoms with E-state index in [0.29, 0.717) is 22.4 Å². The highest BCUT2D eigenvalue weighted by Crippen LogP contribution is 2.25. The molecule has 0 aliphatic carbocycles. The predicted molar refractivity (Wildman–Crippen MR) is 113 cm³/mol. The van der Waals surface area contributed by atoms with Crippen LogP contribution in [0.2, 0.25) is 0 Å². The number of aromatic nitrogens is 4. The lowest BCUT2D eigenvalue weighted by molar-refractivity contribution is -0.117. The van der Waals surface area contributed by atoms with Crippen molar-refractivity contribution in [3.05, 3.63) is 76.8 Å². The molecular weight excluding hydrogens is 366 g/mol. The summed E-state index contributed by atoms with van der Waals surface area (Å²) in [7, 11) is 3.45. The Morgan fingerprint density at radius 3 is 2.38 bits per heavy atom. The molecule has 0 aliphatic heterocycles. The number of hydrogen-bond acceptors (Lipinski definition) is 4. The normalized spacial score (nSPS) is 12.1. The van der Waals surface area contributed by atoms with Crippen LogP contribution >= 0.6 is 0 Å². The third-order valence-electron chi connectivity index (χ3n) is 5.08. The largest absolute Gasteiger partial charge is 0.313 e. The minimum absolute atomic E-state index is 0.187. The second-order valence-electron chi connectivity index (χ2n) is 6.96. The zero-order chi connectivity index (χ0) is 20.5. The highest BCUT2D eigenvalue weighted by atomic mass is 16.2. The zero-order valence-electron chi connectivity index (χ0n) is 16.5. The molecule has 1 unspecified atom stereocenters. The Bertz CT molecular complexity index is 1260. The van der Waals surface area contributed by atoms with Gasteiger partial charge in [0.15, 0.2) is 0 Å². The Kier molecular flexibility index (Phi) is 4.72. The van der Waals surface area contributed by atoms with Crippen molar-refractivity contribution in [1.29, 1.82) is 0 Å². The Hall–Kier alpha value is -3.74. The first-order chi connectivity index (χ1) is 14.0. The molecule has 29 heavy (non-hydrogen) atoms. The number of rotatable bonds is 4. The molecule has 1 atom stereocenters. The molecule has 2 aromatic carbocycles. The van der Waals surface area contributed by atoms with Crippen LogP contribution in [0.15, 0.2) is 65.6 Å². The molecule has 1 N–H and O–H groups in total. The Morgan fingerprint density at radius 1 is 1.00 bits per heavy atom. The van der Waals surface area contributed by atoms with Crippen LogP contribution in [-0.4, -0.2) is 25.2 Å². The summed E-state index contributed by atoms with van der Waals surface area (Å²) in [5.41, 5.74) is 2.28. The molecule has 0 saturated carbocycles. The molecule has 7 heteroatoms. The maximum atomic E-state index is 13.0. The molecule has 0 spiro atoms. The number of aryl methyl sites for hydroxylation is 1. The average Bonchev–Trinajstić information content (AvgIpc) is 3.11. The zero-order valence-corrected chi connectivity index (χ0v) is 16.5. The van der Waals surface area contributed by atoms with E-state index in [4.69, 9.17) is 0 Å². The van der Waals surface area contributed by atoms with E-state index in [1.54, 1.807) is 32.3 Å². The fraction of sp³-hybridized carbons (Fsp3) is 0.182. The van der Waals surface area contributed by atoms with Crippen molar-refractivity contribution in [2.24, 2.45) is 14.1 Å². The molecule has 0 aliphatic rings. The van der Waals surface area contributed by atoms with Gasteiger partial charge in [0.1, 0.15) is 0 Å². The Labute approximate surface area is 167 Å². The van der Waals surface area contributed by atoms with Gasteiger partial charge in [-0.25, -0.2) is 9.67 Å². The molecule has 7 nitrogen and oxygen atoms in total. The number of anilines is 1. The van der Waals surface area contributed by atoms with E-state index in [2.05, 4.69) is 15.4 Å². The monoisotopic (exact) mass is 387 g/mol. The number of fused-ring (bicyclic) bond motifs is 1. The van der Waals surface area contributed by atoms with Crippen LogP contribution < -0.4 is 10.9 Å². The quantitative estimate of drug-likeness (QED) is 0.583. The van der Waals surface area contributed by atoms with Crippen LogP contribution in [0.5, 0.6) is 0 Å². The first-order valence-electron chi connectivity index (χ1n) is 9.31. The van der Waals surface area contributed by atoms with Crippen LogP contribution in [0.1, 0.15) is 18.5 Å². The number of imidazole rings is 1. The summed E-state index contributed by atoms with van der Waals surface area (Å²) in [5, 5.41) is 8.47. The van der Waals surface area contributed by atoms with E-state index >= 15 is 0 Å². The molecule has 0 radical (unpaired) electrons. The maximum Gasteiger partial charge on any atom is 0.274 e. The summed E-state index contributed by atoms with van der Waals surface area (Å²) in [6.07, 6.45) is 1.73. The van der Waals surface area contributed by atoms with Crippen molar-refractivity contribution < 1.29 is 4.79 Å². The molecule has 2 aromatic heterocycles. The lowest BCUT2D eigenvalue weighted by Gasteiger charge is -2.15. The number of nitrogens with zero attached hydrogens (tertiary/aromatic N) is 4. The minimum Gasteiger partial charge on any atom is -0.313 e. The minimum atomic E-state index is -0.566. The van der Waals surface area contributed by atoms with Crippen molar-refractivity contribution in [3.63, 3.8) is 0 Å². The van der Waals surface area contributed by atoms with Gasteiger partial charge in [-0.2, -0.15) is 5.10 Å². The van der Waals surface area contributed by atoms with Crippen LogP contribution in [0.25, 0.3) is 22.0 Å². The van der Waals surface area contributed by atoms with Gasteiger partial charge in [0.05, 0.1) is 28.9 Å². The van der Waals surface area contributed by atoms with Crippen LogP contribution in [0.3, 0.4) is 0 Å². The van der Waals surface area contributed by atoms with E-state index in [1.165, 1.54) is 4.68 Å². The molecule has 4 aromatic rings. The number of carbonyl (C=O) groups excluding carboxylic acids is 1. The van der Waals surface area contributed by atoms with E-state index in [-0.39, 0.29) is 11.5 Å². The van der Waals surface area contributed by atoms with Gasteiger partial charge >= 0.3 is 0 Å². The van der Waals surface area contributed by atoms with Gasteiger partial charge in [0.25, 0.3) is 5.56 Å². The average molecular weight is 387 g/mol. The number of hydrogen-bond donors (Lipinski definition) is 1. The summed E-state index contributed by atoms with van der Waals surface area (Å²) in [4.78, 5) is 29.6. The molecule has 0 fully saturated rings. The lowest BCUT2D eigenvalue weighted by atomic mass is 10.0. The van der Waals surface area contributed by atoms with Crippen LogP contribution in [0, 0.1) is 0 Å². The third kappa shape index (κ3) is 3.31. The molecule has 4 rings (SSSR count). The highest BCUT2D eigenvalue weighted by molar-refractivity contribution is 5.97. The summed E-state index contributed by atoms with van der Waals surface area (Å²) in [6, 6.07) is 17.1. The van der Waals surface area contributed by atoms with E-state index < -0.39 is 5.92 Å². The maximum absolute atomic E-state index is 13.0.